The third-order valence-corrected chi connectivity index (χ3v) is 2.06. The number of imidazole rings is 1. The zero-order valence-corrected chi connectivity index (χ0v) is 8.32. The van der Waals surface area contributed by atoms with Gasteiger partial charge in [0.2, 0.25) is 0 Å². The van der Waals surface area contributed by atoms with Crippen LogP contribution in [0.4, 0.5) is 0 Å². The Balaban J connectivity index is 2.32. The molecule has 0 unspecified atom stereocenters. The van der Waals surface area contributed by atoms with Crippen molar-refractivity contribution in [2.45, 2.75) is 13.5 Å². The van der Waals surface area contributed by atoms with Gasteiger partial charge in [-0.25, -0.2) is 4.98 Å². The highest BCUT2D eigenvalue weighted by Crippen LogP contribution is 2.07. The van der Waals surface area contributed by atoms with E-state index in [1.54, 1.807) is 7.11 Å². The van der Waals surface area contributed by atoms with E-state index in [4.69, 9.17) is 4.84 Å². The summed E-state index contributed by atoms with van der Waals surface area (Å²) in [6.07, 6.45) is 3.99. The van der Waals surface area contributed by atoms with Gasteiger partial charge in [-0.3, -0.25) is 0 Å². The van der Waals surface area contributed by atoms with Gasteiger partial charge in [-0.1, -0.05) is 0 Å². The van der Waals surface area contributed by atoms with Crippen molar-refractivity contribution in [1.29, 1.82) is 0 Å². The molecule has 0 saturated heterocycles. The minimum absolute atomic E-state index is 0.622. The standard InChI is InChI=1S/C10H13N3O/c1-8-3-4-13-7-9(6-11-14-2)12-10(13)5-8/h3-5,7,11H,6H2,1-2H3. The molecule has 0 aliphatic heterocycles. The monoisotopic (exact) mass is 191 g/mol. The van der Waals surface area contributed by atoms with E-state index in [0.29, 0.717) is 6.54 Å². The zero-order chi connectivity index (χ0) is 9.97. The van der Waals surface area contributed by atoms with Crippen LogP contribution in [-0.2, 0) is 11.4 Å². The lowest BCUT2D eigenvalue weighted by atomic mass is 10.3. The molecule has 0 spiro atoms. The fourth-order valence-corrected chi connectivity index (χ4v) is 1.37. The number of aromatic nitrogens is 2. The van der Waals surface area contributed by atoms with Gasteiger partial charge in [0.1, 0.15) is 5.65 Å². The summed E-state index contributed by atoms with van der Waals surface area (Å²) in [4.78, 5) is 9.20. The van der Waals surface area contributed by atoms with E-state index in [1.807, 2.05) is 16.8 Å². The second-order valence-electron chi connectivity index (χ2n) is 3.23. The highest BCUT2D eigenvalue weighted by atomic mass is 16.6. The largest absolute Gasteiger partial charge is 0.307 e. The molecule has 1 N–H and O–H groups in total. The molecule has 0 aliphatic carbocycles. The Hall–Kier alpha value is -1.39. The number of aryl methyl sites for hydroxylation is 1. The summed E-state index contributed by atoms with van der Waals surface area (Å²) in [5.74, 6) is 0. The topological polar surface area (TPSA) is 38.6 Å². The number of nitrogens with zero attached hydrogens (tertiary/aromatic N) is 2. The van der Waals surface area contributed by atoms with Crippen molar-refractivity contribution in [2.24, 2.45) is 0 Å². The number of fused-ring (bicyclic) bond motifs is 1. The summed E-state index contributed by atoms with van der Waals surface area (Å²) >= 11 is 0. The van der Waals surface area contributed by atoms with Gasteiger partial charge in [-0.15, -0.1) is 0 Å². The van der Waals surface area contributed by atoms with E-state index in [2.05, 4.69) is 29.5 Å². The number of pyridine rings is 1. The lowest BCUT2D eigenvalue weighted by Gasteiger charge is -1.94. The first-order chi connectivity index (χ1) is 6.79. The molecule has 0 radical (unpaired) electrons. The molecule has 0 amide bonds. The third kappa shape index (κ3) is 1.76. The van der Waals surface area contributed by atoms with E-state index < -0.39 is 0 Å². The first-order valence-electron chi connectivity index (χ1n) is 4.49. The maximum absolute atomic E-state index is 4.77. The quantitative estimate of drug-likeness (QED) is 0.743. The molecule has 0 aromatic carbocycles. The molecule has 2 aromatic rings. The molecule has 0 fully saturated rings. The number of rotatable bonds is 3. The molecule has 2 rings (SSSR count). The van der Waals surface area contributed by atoms with Crippen LogP contribution in [0.2, 0.25) is 0 Å². The Labute approximate surface area is 82.5 Å². The van der Waals surface area contributed by atoms with Gasteiger partial charge in [0.15, 0.2) is 0 Å². The Morgan fingerprint density at radius 1 is 1.57 bits per heavy atom. The van der Waals surface area contributed by atoms with Crippen LogP contribution in [-0.4, -0.2) is 16.5 Å². The van der Waals surface area contributed by atoms with Gasteiger partial charge >= 0.3 is 0 Å². The Kier molecular flexibility index (Phi) is 2.47. The molecule has 2 aromatic heterocycles. The van der Waals surface area contributed by atoms with Crippen molar-refractivity contribution < 1.29 is 4.84 Å². The van der Waals surface area contributed by atoms with E-state index in [0.717, 1.165) is 11.3 Å². The smallest absolute Gasteiger partial charge is 0.137 e. The molecular formula is C10H13N3O. The van der Waals surface area contributed by atoms with E-state index in [-0.39, 0.29) is 0 Å². The minimum Gasteiger partial charge on any atom is -0.307 e. The number of hydrogen-bond donors (Lipinski definition) is 1. The molecule has 0 aliphatic rings. The maximum atomic E-state index is 4.77. The summed E-state index contributed by atoms with van der Waals surface area (Å²) < 4.78 is 2.00. The summed E-state index contributed by atoms with van der Waals surface area (Å²) in [6.45, 7) is 2.68. The van der Waals surface area contributed by atoms with Crippen LogP contribution in [0.3, 0.4) is 0 Å². The summed E-state index contributed by atoms with van der Waals surface area (Å²) in [5, 5.41) is 0. The Morgan fingerprint density at radius 3 is 3.21 bits per heavy atom. The normalized spacial score (nSPS) is 11.0. The summed E-state index contributed by atoms with van der Waals surface area (Å²) in [5.41, 5.74) is 5.92. The van der Waals surface area contributed by atoms with Gasteiger partial charge in [0.05, 0.1) is 19.3 Å². The van der Waals surface area contributed by atoms with Crippen molar-refractivity contribution in [1.82, 2.24) is 14.9 Å². The molecule has 0 bridgehead atoms. The molecule has 4 heteroatoms. The minimum atomic E-state index is 0.622. The van der Waals surface area contributed by atoms with Crippen LogP contribution in [0.25, 0.3) is 5.65 Å². The van der Waals surface area contributed by atoms with Gasteiger partial charge in [0.25, 0.3) is 0 Å². The lowest BCUT2D eigenvalue weighted by molar-refractivity contribution is 0.0859. The van der Waals surface area contributed by atoms with Crippen LogP contribution in [0.15, 0.2) is 24.5 Å². The van der Waals surface area contributed by atoms with Crippen LogP contribution < -0.4 is 5.48 Å². The molecule has 14 heavy (non-hydrogen) atoms. The number of hydroxylamine groups is 1. The summed E-state index contributed by atoms with van der Waals surface area (Å²) in [7, 11) is 1.60. The highest BCUT2D eigenvalue weighted by molar-refractivity contribution is 5.42. The molecule has 2 heterocycles. The highest BCUT2D eigenvalue weighted by Gasteiger charge is 2.00. The van der Waals surface area contributed by atoms with E-state index >= 15 is 0 Å². The van der Waals surface area contributed by atoms with Crippen molar-refractivity contribution >= 4 is 5.65 Å². The van der Waals surface area contributed by atoms with Crippen LogP contribution in [0, 0.1) is 6.92 Å². The van der Waals surface area contributed by atoms with E-state index in [9.17, 15) is 0 Å². The lowest BCUT2D eigenvalue weighted by Crippen LogP contribution is -2.10. The summed E-state index contributed by atoms with van der Waals surface area (Å²) in [6, 6.07) is 4.11. The van der Waals surface area contributed by atoms with Gasteiger partial charge in [-0.05, 0) is 24.6 Å². The van der Waals surface area contributed by atoms with Crippen molar-refractivity contribution in [2.75, 3.05) is 7.11 Å². The van der Waals surface area contributed by atoms with Crippen molar-refractivity contribution in [3.8, 4) is 0 Å². The average Bonchev–Trinajstić information content (AvgIpc) is 2.56. The van der Waals surface area contributed by atoms with Gasteiger partial charge in [0, 0.05) is 12.4 Å². The second kappa shape index (κ2) is 3.77. The van der Waals surface area contributed by atoms with Crippen LogP contribution >= 0.6 is 0 Å². The molecular weight excluding hydrogens is 178 g/mol. The molecule has 0 atom stereocenters. The van der Waals surface area contributed by atoms with Crippen molar-refractivity contribution in [3.63, 3.8) is 0 Å². The molecule has 0 saturated carbocycles. The molecule has 74 valence electrons. The predicted molar refractivity (Wildman–Crippen MR) is 53.8 cm³/mol. The van der Waals surface area contributed by atoms with Gasteiger partial charge in [-0.2, -0.15) is 5.48 Å². The van der Waals surface area contributed by atoms with Crippen LogP contribution in [0.5, 0.6) is 0 Å². The predicted octanol–water partition coefficient (Wildman–Crippen LogP) is 1.29. The van der Waals surface area contributed by atoms with Crippen LogP contribution in [0.1, 0.15) is 11.3 Å². The number of hydrogen-bond acceptors (Lipinski definition) is 3. The fourth-order valence-electron chi connectivity index (χ4n) is 1.37. The fraction of sp³-hybridized carbons (Fsp3) is 0.300. The SMILES string of the molecule is CONCc1cn2ccc(C)cc2n1. The van der Waals surface area contributed by atoms with Crippen molar-refractivity contribution in [3.05, 3.63) is 35.8 Å². The first kappa shape index (κ1) is 9.18. The second-order valence-corrected chi connectivity index (χ2v) is 3.23. The third-order valence-electron chi connectivity index (χ3n) is 2.06. The zero-order valence-electron chi connectivity index (χ0n) is 8.32. The average molecular weight is 191 g/mol. The van der Waals surface area contributed by atoms with E-state index in [1.165, 1.54) is 5.56 Å². The maximum Gasteiger partial charge on any atom is 0.137 e. The van der Waals surface area contributed by atoms with Gasteiger partial charge < -0.3 is 9.24 Å². The number of nitrogens with one attached hydrogen (secondary N) is 1. The first-order valence-corrected chi connectivity index (χ1v) is 4.49. The Bertz CT molecular complexity index is 436. The molecule has 4 nitrogen and oxygen atoms in total. The Morgan fingerprint density at radius 2 is 2.43 bits per heavy atom.